The quantitative estimate of drug-likeness (QED) is 0.832. The summed E-state index contributed by atoms with van der Waals surface area (Å²) in [6.45, 7) is 0.596. The number of rotatable bonds is 4. The van der Waals surface area contributed by atoms with Crippen molar-refractivity contribution in [2.75, 3.05) is 6.54 Å². The van der Waals surface area contributed by atoms with Crippen molar-refractivity contribution >= 4 is 39.8 Å². The molecule has 4 nitrogen and oxygen atoms in total. The van der Waals surface area contributed by atoms with Gasteiger partial charge in [0.2, 0.25) is 0 Å². The Kier molecular flexibility index (Phi) is 3.94. The number of amides is 1. The minimum Gasteiger partial charge on any atom is -0.352 e. The summed E-state index contributed by atoms with van der Waals surface area (Å²) in [5, 5.41) is 4.72. The largest absolute Gasteiger partial charge is 0.352 e. The molecule has 0 aliphatic rings. The number of halogens is 1. The molecular formula is C10H10IN3OS. The number of aromatic nitrogens is 2. The average molecular weight is 347 g/mol. The van der Waals surface area contributed by atoms with Crippen LogP contribution in [-0.4, -0.2) is 22.4 Å². The van der Waals surface area contributed by atoms with Crippen molar-refractivity contribution in [1.29, 1.82) is 0 Å². The number of nitrogens with one attached hydrogen (secondary N) is 2. The number of hydrogen-bond donors (Lipinski definition) is 2. The lowest BCUT2D eigenvalue weighted by atomic mass is 10.3. The van der Waals surface area contributed by atoms with E-state index in [-0.39, 0.29) is 5.91 Å². The van der Waals surface area contributed by atoms with Gasteiger partial charge in [-0.05, 0) is 28.7 Å². The zero-order chi connectivity index (χ0) is 11.4. The van der Waals surface area contributed by atoms with Crippen molar-refractivity contribution in [2.45, 2.75) is 6.42 Å². The molecule has 0 bridgehead atoms. The van der Waals surface area contributed by atoms with Gasteiger partial charge in [0.25, 0.3) is 5.91 Å². The minimum absolute atomic E-state index is 0.0225. The maximum Gasteiger partial charge on any atom is 0.252 e. The lowest BCUT2D eigenvalue weighted by molar-refractivity contribution is 0.0954. The standard InChI is InChI=1S/C10H10IN3OS/c11-8-5-7(6-16-8)10(15)14-2-1-9-12-3-4-13-9/h3-6H,1-2H2,(H,12,13)(H,14,15). The second kappa shape index (κ2) is 5.44. The molecule has 2 aromatic heterocycles. The Bertz CT molecular complexity index is 466. The molecule has 0 saturated heterocycles. The number of thiophene rings is 1. The van der Waals surface area contributed by atoms with Crippen molar-refractivity contribution in [3.63, 3.8) is 0 Å². The Labute approximate surface area is 111 Å². The monoisotopic (exact) mass is 347 g/mol. The van der Waals surface area contributed by atoms with Crippen LogP contribution in [0.15, 0.2) is 23.8 Å². The minimum atomic E-state index is -0.0225. The smallest absolute Gasteiger partial charge is 0.252 e. The van der Waals surface area contributed by atoms with Gasteiger partial charge < -0.3 is 10.3 Å². The number of H-pyrrole nitrogens is 1. The van der Waals surface area contributed by atoms with E-state index < -0.39 is 0 Å². The van der Waals surface area contributed by atoms with Crippen LogP contribution in [0.25, 0.3) is 0 Å². The molecule has 0 spiro atoms. The Morgan fingerprint density at radius 1 is 1.62 bits per heavy atom. The fourth-order valence-corrected chi connectivity index (χ4v) is 2.59. The number of carbonyl (C=O) groups excluding carboxylic acids is 1. The SMILES string of the molecule is O=C(NCCc1ncc[nH]1)c1csc(I)c1. The van der Waals surface area contributed by atoms with Crippen molar-refractivity contribution in [1.82, 2.24) is 15.3 Å². The summed E-state index contributed by atoms with van der Waals surface area (Å²) in [5.41, 5.74) is 0.730. The van der Waals surface area contributed by atoms with Gasteiger partial charge in [0.1, 0.15) is 5.82 Å². The molecule has 0 atom stereocenters. The number of hydrogen-bond acceptors (Lipinski definition) is 3. The van der Waals surface area contributed by atoms with E-state index in [1.165, 1.54) is 0 Å². The van der Waals surface area contributed by atoms with Gasteiger partial charge in [0.05, 0.1) is 8.45 Å². The molecule has 2 heterocycles. The summed E-state index contributed by atoms with van der Waals surface area (Å²) >= 11 is 3.77. The van der Waals surface area contributed by atoms with Gasteiger partial charge in [0.15, 0.2) is 0 Å². The molecule has 6 heteroatoms. The summed E-state index contributed by atoms with van der Waals surface area (Å²) in [5.74, 6) is 0.867. The van der Waals surface area contributed by atoms with Crippen LogP contribution in [0.5, 0.6) is 0 Å². The van der Waals surface area contributed by atoms with Gasteiger partial charge in [0, 0.05) is 30.7 Å². The highest BCUT2D eigenvalue weighted by molar-refractivity contribution is 14.1. The Hall–Kier alpha value is -0.890. The molecule has 0 aliphatic carbocycles. The Morgan fingerprint density at radius 2 is 2.50 bits per heavy atom. The first-order valence-electron chi connectivity index (χ1n) is 4.76. The van der Waals surface area contributed by atoms with E-state index in [4.69, 9.17) is 0 Å². The van der Waals surface area contributed by atoms with Gasteiger partial charge in [-0.3, -0.25) is 4.79 Å². The lowest BCUT2D eigenvalue weighted by Gasteiger charge is -2.01. The number of nitrogens with zero attached hydrogens (tertiary/aromatic N) is 1. The van der Waals surface area contributed by atoms with E-state index in [1.807, 2.05) is 11.4 Å². The number of carbonyl (C=O) groups is 1. The molecule has 2 aromatic rings. The van der Waals surface area contributed by atoms with Crippen molar-refractivity contribution < 1.29 is 4.79 Å². The van der Waals surface area contributed by atoms with Crippen LogP contribution in [0.1, 0.15) is 16.2 Å². The van der Waals surface area contributed by atoms with Gasteiger partial charge >= 0.3 is 0 Å². The number of imidazole rings is 1. The molecule has 84 valence electrons. The normalized spacial score (nSPS) is 10.3. The third-order valence-electron chi connectivity index (χ3n) is 2.03. The van der Waals surface area contributed by atoms with Crippen LogP contribution in [0.4, 0.5) is 0 Å². The second-order valence-electron chi connectivity index (χ2n) is 3.18. The third kappa shape index (κ3) is 3.05. The first-order chi connectivity index (χ1) is 7.75. The summed E-state index contributed by atoms with van der Waals surface area (Å²) in [6, 6.07) is 1.88. The number of aromatic amines is 1. The van der Waals surface area contributed by atoms with Gasteiger partial charge in [-0.25, -0.2) is 4.98 Å². The topological polar surface area (TPSA) is 57.8 Å². The van der Waals surface area contributed by atoms with Crippen LogP contribution in [0.3, 0.4) is 0 Å². The average Bonchev–Trinajstić information content (AvgIpc) is 2.89. The third-order valence-corrected chi connectivity index (χ3v) is 3.82. The highest BCUT2D eigenvalue weighted by Crippen LogP contribution is 2.16. The van der Waals surface area contributed by atoms with Crippen LogP contribution in [-0.2, 0) is 6.42 Å². The predicted molar refractivity (Wildman–Crippen MR) is 71.7 cm³/mol. The van der Waals surface area contributed by atoms with Crippen LogP contribution >= 0.6 is 33.9 Å². The molecule has 0 aliphatic heterocycles. The van der Waals surface area contributed by atoms with E-state index in [1.54, 1.807) is 23.7 Å². The van der Waals surface area contributed by atoms with Gasteiger partial charge in [-0.1, -0.05) is 0 Å². The molecule has 0 aromatic carbocycles. The summed E-state index contributed by atoms with van der Waals surface area (Å²) in [4.78, 5) is 18.7. The summed E-state index contributed by atoms with van der Waals surface area (Å²) in [7, 11) is 0. The van der Waals surface area contributed by atoms with E-state index in [0.29, 0.717) is 6.54 Å². The van der Waals surface area contributed by atoms with E-state index in [9.17, 15) is 4.79 Å². The summed E-state index contributed by atoms with van der Waals surface area (Å²) in [6.07, 6.45) is 4.21. The fraction of sp³-hybridized carbons (Fsp3) is 0.200. The van der Waals surface area contributed by atoms with Gasteiger partial charge in [-0.2, -0.15) is 0 Å². The van der Waals surface area contributed by atoms with Gasteiger partial charge in [-0.15, -0.1) is 11.3 Å². The molecule has 0 unspecified atom stereocenters. The first kappa shape index (κ1) is 11.6. The van der Waals surface area contributed by atoms with Crippen LogP contribution in [0, 0.1) is 2.88 Å². The Morgan fingerprint density at radius 3 is 3.12 bits per heavy atom. The maximum absolute atomic E-state index is 11.6. The van der Waals surface area contributed by atoms with Crippen molar-refractivity contribution in [3.8, 4) is 0 Å². The molecule has 2 rings (SSSR count). The van der Waals surface area contributed by atoms with Crippen LogP contribution in [0.2, 0.25) is 0 Å². The maximum atomic E-state index is 11.6. The zero-order valence-corrected chi connectivity index (χ0v) is 11.3. The molecule has 16 heavy (non-hydrogen) atoms. The van der Waals surface area contributed by atoms with Crippen molar-refractivity contribution in [2.24, 2.45) is 0 Å². The molecular weight excluding hydrogens is 337 g/mol. The highest BCUT2D eigenvalue weighted by atomic mass is 127. The Balaban J connectivity index is 1.80. The predicted octanol–water partition coefficient (Wildman–Crippen LogP) is 2.05. The highest BCUT2D eigenvalue weighted by Gasteiger charge is 2.07. The second-order valence-corrected chi connectivity index (χ2v) is 5.99. The summed E-state index contributed by atoms with van der Waals surface area (Å²) < 4.78 is 1.12. The van der Waals surface area contributed by atoms with Crippen molar-refractivity contribution in [3.05, 3.63) is 38.1 Å². The molecule has 2 N–H and O–H groups in total. The van der Waals surface area contributed by atoms with E-state index in [2.05, 4.69) is 37.9 Å². The fourth-order valence-electron chi connectivity index (χ4n) is 1.26. The first-order valence-corrected chi connectivity index (χ1v) is 6.72. The molecule has 1 amide bonds. The van der Waals surface area contributed by atoms with E-state index in [0.717, 1.165) is 20.7 Å². The van der Waals surface area contributed by atoms with E-state index >= 15 is 0 Å². The lowest BCUT2D eigenvalue weighted by Crippen LogP contribution is -2.25. The molecule has 0 radical (unpaired) electrons. The molecule has 0 saturated carbocycles. The van der Waals surface area contributed by atoms with Crippen LogP contribution < -0.4 is 5.32 Å². The molecule has 0 fully saturated rings. The zero-order valence-electron chi connectivity index (χ0n) is 8.37.